The highest BCUT2D eigenvalue weighted by molar-refractivity contribution is 5.81. The molecule has 1 fully saturated rings. The number of nitrogens with one attached hydrogen (secondary N) is 1. The summed E-state index contributed by atoms with van der Waals surface area (Å²) >= 11 is 0. The van der Waals surface area contributed by atoms with Crippen molar-refractivity contribution in [1.29, 1.82) is 0 Å². The van der Waals surface area contributed by atoms with E-state index < -0.39 is 6.04 Å². The average Bonchev–Trinajstić information content (AvgIpc) is 2.26. The van der Waals surface area contributed by atoms with Gasteiger partial charge in [0.1, 0.15) is 0 Å². The van der Waals surface area contributed by atoms with Crippen molar-refractivity contribution in [2.45, 2.75) is 58.1 Å². The number of aliphatic hydroxyl groups is 1. The first-order valence-electron chi connectivity index (χ1n) is 6.72. The Morgan fingerprint density at radius 3 is 2.65 bits per heavy atom. The van der Waals surface area contributed by atoms with Gasteiger partial charge in [0.2, 0.25) is 5.91 Å². The predicted octanol–water partition coefficient (Wildman–Crippen LogP) is 1.03. The number of aliphatic hydroxyl groups excluding tert-OH is 1. The van der Waals surface area contributed by atoms with Gasteiger partial charge in [-0.15, -0.1) is 0 Å². The van der Waals surface area contributed by atoms with Crippen molar-refractivity contribution < 1.29 is 9.90 Å². The summed E-state index contributed by atoms with van der Waals surface area (Å²) < 4.78 is 0. The number of carbonyl (C=O) groups excluding carboxylic acids is 1. The third-order valence-electron chi connectivity index (χ3n) is 3.47. The summed E-state index contributed by atoms with van der Waals surface area (Å²) in [6.07, 6.45) is 4.55. The van der Waals surface area contributed by atoms with Crippen molar-refractivity contribution >= 4 is 5.91 Å². The number of rotatable bonds is 5. The monoisotopic (exact) mass is 242 g/mol. The maximum atomic E-state index is 11.7. The van der Waals surface area contributed by atoms with Gasteiger partial charge in [-0.1, -0.05) is 26.7 Å². The van der Waals surface area contributed by atoms with E-state index >= 15 is 0 Å². The minimum absolute atomic E-state index is 0.0866. The highest BCUT2D eigenvalue weighted by Crippen LogP contribution is 2.23. The fraction of sp³-hybridized carbons (Fsp3) is 0.923. The zero-order valence-electron chi connectivity index (χ0n) is 11.0. The molecule has 0 aliphatic heterocycles. The Bertz CT molecular complexity index is 244. The van der Waals surface area contributed by atoms with Crippen LogP contribution in [0.4, 0.5) is 0 Å². The minimum atomic E-state index is -0.421. The molecule has 100 valence electrons. The Morgan fingerprint density at radius 1 is 1.41 bits per heavy atom. The Kier molecular flexibility index (Phi) is 5.92. The van der Waals surface area contributed by atoms with Crippen molar-refractivity contribution in [1.82, 2.24) is 5.32 Å². The van der Waals surface area contributed by atoms with E-state index in [1.165, 1.54) is 0 Å². The molecule has 0 bridgehead atoms. The van der Waals surface area contributed by atoms with Crippen LogP contribution in [0.2, 0.25) is 0 Å². The summed E-state index contributed by atoms with van der Waals surface area (Å²) in [5, 5.41) is 12.6. The molecule has 1 aliphatic carbocycles. The summed E-state index contributed by atoms with van der Waals surface area (Å²) in [6.45, 7) is 4.67. The molecule has 3 atom stereocenters. The molecule has 4 nitrogen and oxygen atoms in total. The van der Waals surface area contributed by atoms with Gasteiger partial charge >= 0.3 is 0 Å². The topological polar surface area (TPSA) is 75.4 Å². The van der Waals surface area contributed by atoms with Crippen LogP contribution in [0, 0.1) is 11.8 Å². The van der Waals surface area contributed by atoms with Crippen LogP contribution in [-0.2, 0) is 4.79 Å². The van der Waals surface area contributed by atoms with E-state index in [0.29, 0.717) is 18.9 Å². The van der Waals surface area contributed by atoms with Crippen LogP contribution in [0.15, 0.2) is 0 Å². The molecule has 4 N–H and O–H groups in total. The molecule has 4 heteroatoms. The lowest BCUT2D eigenvalue weighted by atomic mass is 9.86. The second-order valence-corrected chi connectivity index (χ2v) is 5.59. The predicted molar refractivity (Wildman–Crippen MR) is 68.4 cm³/mol. The minimum Gasteiger partial charge on any atom is -0.393 e. The summed E-state index contributed by atoms with van der Waals surface area (Å²) in [5.41, 5.74) is 5.79. The van der Waals surface area contributed by atoms with Gasteiger partial charge in [0.25, 0.3) is 0 Å². The highest BCUT2D eigenvalue weighted by atomic mass is 16.3. The Hall–Kier alpha value is -0.610. The van der Waals surface area contributed by atoms with Crippen molar-refractivity contribution in [3.63, 3.8) is 0 Å². The quantitative estimate of drug-likeness (QED) is 0.674. The first kappa shape index (κ1) is 14.5. The Morgan fingerprint density at radius 2 is 2.06 bits per heavy atom. The average molecular weight is 242 g/mol. The van der Waals surface area contributed by atoms with Gasteiger partial charge in [0.05, 0.1) is 12.1 Å². The largest absolute Gasteiger partial charge is 0.393 e. The van der Waals surface area contributed by atoms with E-state index in [9.17, 15) is 9.90 Å². The zero-order chi connectivity index (χ0) is 12.8. The van der Waals surface area contributed by atoms with Crippen LogP contribution in [-0.4, -0.2) is 29.7 Å². The fourth-order valence-corrected chi connectivity index (χ4v) is 2.40. The van der Waals surface area contributed by atoms with Crippen LogP contribution < -0.4 is 11.1 Å². The van der Waals surface area contributed by atoms with E-state index in [1.807, 2.05) is 0 Å². The first-order valence-corrected chi connectivity index (χ1v) is 6.72. The van der Waals surface area contributed by atoms with Crippen LogP contribution in [0.1, 0.15) is 46.0 Å². The fourth-order valence-electron chi connectivity index (χ4n) is 2.40. The normalized spacial score (nSPS) is 26.9. The van der Waals surface area contributed by atoms with Crippen molar-refractivity contribution in [3.8, 4) is 0 Å². The Balaban J connectivity index is 2.26. The molecule has 17 heavy (non-hydrogen) atoms. The van der Waals surface area contributed by atoms with Crippen LogP contribution in [0.5, 0.6) is 0 Å². The lowest BCUT2D eigenvalue weighted by Gasteiger charge is -2.28. The number of nitrogens with two attached hydrogens (primary N) is 1. The van der Waals surface area contributed by atoms with Crippen LogP contribution in [0.3, 0.4) is 0 Å². The number of carbonyl (C=O) groups is 1. The zero-order valence-corrected chi connectivity index (χ0v) is 11.0. The second-order valence-electron chi connectivity index (χ2n) is 5.59. The third-order valence-corrected chi connectivity index (χ3v) is 3.47. The van der Waals surface area contributed by atoms with E-state index in [-0.39, 0.29) is 17.9 Å². The standard InChI is InChI=1S/C13H26N2O2/c1-9(2)7-11(14)13(17)15-8-10-5-3-4-6-12(10)16/h9-12,16H,3-8,14H2,1-2H3,(H,15,17)/t10?,11-,12?/m1/s1. The molecule has 0 heterocycles. The van der Waals surface area contributed by atoms with Crippen molar-refractivity contribution in [3.05, 3.63) is 0 Å². The second kappa shape index (κ2) is 6.97. The van der Waals surface area contributed by atoms with Crippen LogP contribution in [0.25, 0.3) is 0 Å². The molecular formula is C13H26N2O2. The van der Waals surface area contributed by atoms with Gasteiger partial charge in [-0.3, -0.25) is 4.79 Å². The molecule has 0 saturated heterocycles. The summed E-state index contributed by atoms with van der Waals surface area (Å²) in [4.78, 5) is 11.7. The van der Waals surface area contributed by atoms with Gasteiger partial charge in [0, 0.05) is 12.5 Å². The molecule has 1 saturated carbocycles. The Labute approximate surface area is 104 Å². The lowest BCUT2D eigenvalue weighted by molar-refractivity contribution is -0.123. The smallest absolute Gasteiger partial charge is 0.236 e. The van der Waals surface area contributed by atoms with Gasteiger partial charge < -0.3 is 16.2 Å². The molecule has 1 amide bonds. The molecule has 0 aromatic carbocycles. The molecular weight excluding hydrogens is 216 g/mol. The SMILES string of the molecule is CC(C)C[C@@H](N)C(=O)NCC1CCCCC1O. The maximum Gasteiger partial charge on any atom is 0.236 e. The van der Waals surface area contributed by atoms with Gasteiger partial charge in [-0.2, -0.15) is 0 Å². The number of hydrogen-bond acceptors (Lipinski definition) is 3. The van der Waals surface area contributed by atoms with E-state index in [0.717, 1.165) is 25.7 Å². The van der Waals surface area contributed by atoms with Gasteiger partial charge in [-0.05, 0) is 25.2 Å². The van der Waals surface area contributed by atoms with Crippen molar-refractivity contribution in [2.75, 3.05) is 6.54 Å². The molecule has 0 radical (unpaired) electrons. The summed E-state index contributed by atoms with van der Waals surface area (Å²) in [6, 6.07) is -0.421. The number of amides is 1. The molecule has 0 aromatic heterocycles. The maximum absolute atomic E-state index is 11.7. The van der Waals surface area contributed by atoms with E-state index in [2.05, 4.69) is 19.2 Å². The van der Waals surface area contributed by atoms with E-state index in [1.54, 1.807) is 0 Å². The highest BCUT2D eigenvalue weighted by Gasteiger charge is 2.24. The summed E-state index contributed by atoms with van der Waals surface area (Å²) in [5.74, 6) is 0.548. The number of hydrogen-bond donors (Lipinski definition) is 3. The molecule has 1 aliphatic rings. The van der Waals surface area contributed by atoms with Crippen molar-refractivity contribution in [2.24, 2.45) is 17.6 Å². The molecule has 2 unspecified atom stereocenters. The molecule has 0 spiro atoms. The first-order chi connectivity index (χ1) is 8.00. The molecule has 1 rings (SSSR count). The van der Waals surface area contributed by atoms with Crippen LogP contribution >= 0.6 is 0 Å². The van der Waals surface area contributed by atoms with E-state index in [4.69, 9.17) is 5.73 Å². The third kappa shape index (κ3) is 5.04. The summed E-state index contributed by atoms with van der Waals surface area (Å²) in [7, 11) is 0. The lowest BCUT2D eigenvalue weighted by Crippen LogP contribution is -2.45. The molecule has 0 aromatic rings. The van der Waals surface area contributed by atoms with Gasteiger partial charge in [0.15, 0.2) is 0 Å². The van der Waals surface area contributed by atoms with Gasteiger partial charge in [-0.25, -0.2) is 0 Å².